The van der Waals surface area contributed by atoms with E-state index in [0.29, 0.717) is 5.78 Å². The molecule has 2 heteroatoms. The molecule has 2 aliphatic rings. The van der Waals surface area contributed by atoms with Crippen molar-refractivity contribution in [2.45, 2.75) is 37.6 Å². The highest BCUT2D eigenvalue weighted by Gasteiger charge is 2.43. The molecule has 1 aromatic rings. The predicted molar refractivity (Wildman–Crippen MR) is 67.8 cm³/mol. The molecule has 1 aromatic carbocycles. The third kappa shape index (κ3) is 1.81. The first-order chi connectivity index (χ1) is 8.31. The minimum Gasteiger partial charge on any atom is -0.300 e. The van der Waals surface area contributed by atoms with Gasteiger partial charge in [-0.3, -0.25) is 9.69 Å². The van der Waals surface area contributed by atoms with Crippen LogP contribution in [0.4, 0.5) is 0 Å². The van der Waals surface area contributed by atoms with Crippen LogP contribution >= 0.6 is 0 Å². The van der Waals surface area contributed by atoms with Crippen LogP contribution < -0.4 is 0 Å². The van der Waals surface area contributed by atoms with Crippen LogP contribution in [-0.4, -0.2) is 23.8 Å². The zero-order valence-electron chi connectivity index (χ0n) is 10.2. The number of ketones is 1. The average molecular weight is 229 g/mol. The molecule has 0 atom stereocenters. The lowest BCUT2D eigenvalue weighted by Crippen LogP contribution is -2.54. The highest BCUT2D eigenvalue weighted by Crippen LogP contribution is 2.43. The monoisotopic (exact) mass is 229 g/mol. The Morgan fingerprint density at radius 1 is 1.00 bits per heavy atom. The van der Waals surface area contributed by atoms with E-state index in [1.807, 2.05) is 0 Å². The maximum Gasteiger partial charge on any atom is 0.133 e. The fourth-order valence-corrected chi connectivity index (χ4v) is 3.22. The van der Waals surface area contributed by atoms with Crippen molar-refractivity contribution in [2.24, 2.45) is 0 Å². The molecule has 1 aliphatic heterocycles. The van der Waals surface area contributed by atoms with E-state index < -0.39 is 0 Å². The van der Waals surface area contributed by atoms with Gasteiger partial charge >= 0.3 is 0 Å². The first kappa shape index (κ1) is 11.0. The van der Waals surface area contributed by atoms with Gasteiger partial charge in [-0.05, 0) is 24.8 Å². The Hall–Kier alpha value is -1.15. The molecule has 0 aromatic heterocycles. The van der Waals surface area contributed by atoms with Crippen molar-refractivity contribution >= 4 is 5.78 Å². The van der Waals surface area contributed by atoms with Crippen molar-refractivity contribution in [1.29, 1.82) is 0 Å². The summed E-state index contributed by atoms with van der Waals surface area (Å²) in [6.07, 6.45) is 4.84. The molecular weight excluding hydrogens is 210 g/mol. The zero-order valence-corrected chi connectivity index (χ0v) is 10.2. The van der Waals surface area contributed by atoms with Crippen LogP contribution in [-0.2, 0) is 10.3 Å². The molecule has 0 bridgehead atoms. The Bertz CT molecular complexity index is 398. The molecular formula is C15H19NO. The molecule has 2 fully saturated rings. The Balaban J connectivity index is 1.94. The van der Waals surface area contributed by atoms with E-state index in [0.717, 1.165) is 25.7 Å². The molecule has 1 aliphatic carbocycles. The van der Waals surface area contributed by atoms with Gasteiger partial charge in [-0.2, -0.15) is 0 Å². The van der Waals surface area contributed by atoms with E-state index in [-0.39, 0.29) is 5.54 Å². The molecule has 0 radical (unpaired) electrons. The van der Waals surface area contributed by atoms with Crippen molar-refractivity contribution < 1.29 is 4.79 Å². The number of hydrogen-bond donors (Lipinski definition) is 0. The Morgan fingerprint density at radius 3 is 2.18 bits per heavy atom. The second-order valence-electron chi connectivity index (χ2n) is 5.28. The summed E-state index contributed by atoms with van der Waals surface area (Å²) in [6, 6.07) is 10.8. The summed E-state index contributed by atoms with van der Waals surface area (Å²) in [5, 5.41) is 0. The van der Waals surface area contributed by atoms with Crippen molar-refractivity contribution in [3.05, 3.63) is 35.9 Å². The van der Waals surface area contributed by atoms with Crippen LogP contribution in [0.3, 0.4) is 0 Å². The lowest BCUT2D eigenvalue weighted by Gasteiger charge is -2.51. The van der Waals surface area contributed by atoms with Gasteiger partial charge in [0, 0.05) is 31.5 Å². The highest BCUT2D eigenvalue weighted by atomic mass is 16.1. The Labute approximate surface area is 103 Å². The lowest BCUT2D eigenvalue weighted by molar-refractivity contribution is -0.124. The topological polar surface area (TPSA) is 20.3 Å². The van der Waals surface area contributed by atoms with Gasteiger partial charge in [0.1, 0.15) is 5.78 Å². The Kier molecular flexibility index (Phi) is 2.75. The zero-order chi connectivity index (χ0) is 11.7. The Morgan fingerprint density at radius 2 is 1.65 bits per heavy atom. The van der Waals surface area contributed by atoms with Gasteiger partial charge in [0.05, 0.1) is 0 Å². The van der Waals surface area contributed by atoms with Crippen LogP contribution in [0.5, 0.6) is 0 Å². The number of carbonyl (C=O) groups is 1. The summed E-state index contributed by atoms with van der Waals surface area (Å²) in [4.78, 5) is 14.1. The first-order valence-corrected chi connectivity index (χ1v) is 6.64. The number of benzene rings is 1. The summed E-state index contributed by atoms with van der Waals surface area (Å²) in [6.45, 7) is 2.40. The van der Waals surface area contributed by atoms with Gasteiger partial charge in [-0.25, -0.2) is 0 Å². The standard InChI is InChI=1S/C15H19NO/c17-14-7-9-15(10-8-14,16-11-4-12-16)13-5-2-1-3-6-13/h1-3,5-6H,4,7-12H2. The number of carbonyl (C=O) groups excluding carboxylic acids is 1. The number of Topliss-reactive ketones (excluding diaryl/α,β-unsaturated/α-hetero) is 1. The van der Waals surface area contributed by atoms with Crippen LogP contribution in [0.25, 0.3) is 0 Å². The summed E-state index contributed by atoms with van der Waals surface area (Å²) < 4.78 is 0. The molecule has 0 amide bonds. The van der Waals surface area contributed by atoms with Crippen molar-refractivity contribution in [2.75, 3.05) is 13.1 Å². The van der Waals surface area contributed by atoms with Gasteiger partial charge in [0.15, 0.2) is 0 Å². The molecule has 0 spiro atoms. The summed E-state index contributed by atoms with van der Waals surface area (Å²) in [5.74, 6) is 0.442. The fraction of sp³-hybridized carbons (Fsp3) is 0.533. The molecule has 1 saturated heterocycles. The minimum atomic E-state index is 0.160. The van der Waals surface area contributed by atoms with Crippen LogP contribution in [0.1, 0.15) is 37.7 Å². The molecule has 0 unspecified atom stereocenters. The molecule has 2 nitrogen and oxygen atoms in total. The molecule has 3 rings (SSSR count). The van der Waals surface area contributed by atoms with Crippen molar-refractivity contribution in [3.8, 4) is 0 Å². The summed E-state index contributed by atoms with van der Waals surface area (Å²) >= 11 is 0. The number of likely N-dealkylation sites (tertiary alicyclic amines) is 1. The van der Waals surface area contributed by atoms with Gasteiger partial charge in [-0.15, -0.1) is 0 Å². The predicted octanol–water partition coefficient (Wildman–Crippen LogP) is 2.73. The average Bonchev–Trinajstić information content (AvgIpc) is 2.31. The SMILES string of the molecule is O=C1CCC(c2ccccc2)(N2CCC2)CC1. The first-order valence-electron chi connectivity index (χ1n) is 6.64. The fourth-order valence-electron chi connectivity index (χ4n) is 3.22. The van der Waals surface area contributed by atoms with Crippen LogP contribution in [0.2, 0.25) is 0 Å². The van der Waals surface area contributed by atoms with Crippen LogP contribution in [0, 0.1) is 0 Å². The molecule has 90 valence electrons. The maximum absolute atomic E-state index is 11.5. The molecule has 1 heterocycles. The number of hydrogen-bond acceptors (Lipinski definition) is 2. The highest BCUT2D eigenvalue weighted by molar-refractivity contribution is 5.79. The summed E-state index contributed by atoms with van der Waals surface area (Å²) in [7, 11) is 0. The van der Waals surface area contributed by atoms with E-state index >= 15 is 0 Å². The lowest BCUT2D eigenvalue weighted by atomic mass is 9.73. The minimum absolute atomic E-state index is 0.160. The van der Waals surface area contributed by atoms with Crippen molar-refractivity contribution in [3.63, 3.8) is 0 Å². The van der Waals surface area contributed by atoms with E-state index in [4.69, 9.17) is 0 Å². The molecule has 17 heavy (non-hydrogen) atoms. The van der Waals surface area contributed by atoms with E-state index in [9.17, 15) is 4.79 Å². The number of rotatable bonds is 2. The van der Waals surface area contributed by atoms with Gasteiger partial charge < -0.3 is 0 Å². The smallest absolute Gasteiger partial charge is 0.133 e. The third-order valence-corrected chi connectivity index (χ3v) is 4.41. The second kappa shape index (κ2) is 4.26. The van der Waals surface area contributed by atoms with Gasteiger partial charge in [0.2, 0.25) is 0 Å². The van der Waals surface area contributed by atoms with Gasteiger partial charge in [-0.1, -0.05) is 30.3 Å². The molecule has 1 saturated carbocycles. The normalized spacial score (nSPS) is 24.4. The quantitative estimate of drug-likeness (QED) is 0.777. The van der Waals surface area contributed by atoms with Gasteiger partial charge in [0.25, 0.3) is 0 Å². The summed E-state index contributed by atoms with van der Waals surface area (Å²) in [5.41, 5.74) is 1.57. The second-order valence-corrected chi connectivity index (χ2v) is 5.28. The van der Waals surface area contributed by atoms with E-state index in [2.05, 4.69) is 35.2 Å². The maximum atomic E-state index is 11.5. The van der Waals surface area contributed by atoms with Crippen LogP contribution in [0.15, 0.2) is 30.3 Å². The largest absolute Gasteiger partial charge is 0.300 e. The van der Waals surface area contributed by atoms with E-state index in [1.165, 1.54) is 25.1 Å². The van der Waals surface area contributed by atoms with E-state index in [1.54, 1.807) is 0 Å². The van der Waals surface area contributed by atoms with Crippen molar-refractivity contribution in [1.82, 2.24) is 4.90 Å². The molecule has 0 N–H and O–H groups in total. The third-order valence-electron chi connectivity index (χ3n) is 4.41. The number of nitrogens with zero attached hydrogens (tertiary/aromatic N) is 1.